The highest BCUT2D eigenvalue weighted by Crippen LogP contribution is 2.19. The first kappa shape index (κ1) is 33.9. The number of ether oxygens (including phenoxy) is 1. The lowest BCUT2D eigenvalue weighted by Gasteiger charge is -1.99. The lowest BCUT2D eigenvalue weighted by molar-refractivity contribution is -0.191. The molecule has 29 heavy (non-hydrogen) atoms. The number of aliphatic hydroxyl groups excluding tert-OH is 1. The van der Waals surface area contributed by atoms with E-state index in [0.717, 1.165) is 18.6 Å². The van der Waals surface area contributed by atoms with E-state index in [0.29, 0.717) is 12.5 Å². The van der Waals surface area contributed by atoms with Gasteiger partial charge in [0, 0.05) is 12.8 Å². The Morgan fingerprint density at radius 3 is 1.76 bits per heavy atom. The van der Waals surface area contributed by atoms with Gasteiger partial charge in [-0.1, -0.05) is 30.9 Å². The molecule has 8 nitrogen and oxygen atoms in total. The summed E-state index contributed by atoms with van der Waals surface area (Å²) in [4.78, 5) is 35.7. The Morgan fingerprint density at radius 1 is 1.17 bits per heavy atom. The van der Waals surface area contributed by atoms with Crippen molar-refractivity contribution in [3.05, 3.63) is 36.6 Å². The maximum Gasteiger partial charge on any atom is 0.373 e. The minimum atomic E-state index is -0.856. The molecule has 1 saturated heterocycles. The molecular formula is C21H36O8. The molecule has 0 radical (unpaired) electrons. The van der Waals surface area contributed by atoms with Gasteiger partial charge in [0.1, 0.15) is 0 Å². The molecule has 168 valence electrons. The van der Waals surface area contributed by atoms with Crippen LogP contribution in [0.4, 0.5) is 0 Å². The first-order valence-electron chi connectivity index (χ1n) is 9.15. The standard InChI is InChI=1S/C6H10O.C5H10O3.C5H8O2.C4H8.CO2/c1-5-3-4-6(2)7-5;1-4(6)2-3-5(7)8;1-2-3-4-5(6)7;1-3-4-2;2-1-3/h6H,1,3-4H2,2H3;4,6H,2-3H2,1H3,(H,7,8);2-3H,4H2,1H3,(H,6,7);3-4H,1-2H3;/b;;3-2+;4-3+;. The van der Waals surface area contributed by atoms with Crippen LogP contribution in [0.15, 0.2) is 36.6 Å². The summed E-state index contributed by atoms with van der Waals surface area (Å²) in [6, 6.07) is 0. The van der Waals surface area contributed by atoms with Crippen LogP contribution >= 0.6 is 0 Å². The third-order valence-electron chi connectivity index (χ3n) is 2.84. The Labute approximate surface area is 173 Å². The Balaban J connectivity index is -0.000000140. The van der Waals surface area contributed by atoms with Crippen LogP contribution in [0.1, 0.15) is 66.7 Å². The first-order chi connectivity index (χ1) is 13.5. The van der Waals surface area contributed by atoms with Crippen LogP contribution in [0.5, 0.6) is 0 Å². The molecule has 0 aromatic heterocycles. The zero-order valence-corrected chi connectivity index (χ0v) is 18.1. The minimum absolute atomic E-state index is 0.0532. The van der Waals surface area contributed by atoms with Crippen molar-refractivity contribution in [2.24, 2.45) is 0 Å². The van der Waals surface area contributed by atoms with E-state index in [2.05, 4.69) is 13.5 Å². The van der Waals surface area contributed by atoms with Crippen LogP contribution < -0.4 is 0 Å². The van der Waals surface area contributed by atoms with Crippen molar-refractivity contribution in [3.8, 4) is 0 Å². The summed E-state index contributed by atoms with van der Waals surface area (Å²) in [6.07, 6.45) is 10.2. The minimum Gasteiger partial charge on any atom is -0.496 e. The number of carboxylic acids is 2. The summed E-state index contributed by atoms with van der Waals surface area (Å²) >= 11 is 0. The van der Waals surface area contributed by atoms with Gasteiger partial charge < -0.3 is 20.1 Å². The van der Waals surface area contributed by atoms with Crippen molar-refractivity contribution in [2.75, 3.05) is 0 Å². The van der Waals surface area contributed by atoms with Crippen molar-refractivity contribution in [1.82, 2.24) is 0 Å². The molecule has 0 aromatic rings. The fourth-order valence-corrected chi connectivity index (χ4v) is 1.32. The van der Waals surface area contributed by atoms with E-state index in [9.17, 15) is 9.59 Å². The smallest absolute Gasteiger partial charge is 0.373 e. The number of carbonyl (C=O) groups excluding carboxylic acids is 2. The number of carbonyl (C=O) groups is 2. The van der Waals surface area contributed by atoms with E-state index in [1.807, 2.05) is 26.0 Å². The lowest BCUT2D eigenvalue weighted by atomic mass is 10.2. The van der Waals surface area contributed by atoms with Crippen molar-refractivity contribution < 1.29 is 39.2 Å². The summed E-state index contributed by atoms with van der Waals surface area (Å²) in [5.74, 6) is -0.684. The second-order valence-electron chi connectivity index (χ2n) is 5.70. The molecule has 0 amide bonds. The fraction of sp³-hybridized carbons (Fsp3) is 0.571. The van der Waals surface area contributed by atoms with Crippen LogP contribution in [-0.4, -0.2) is 45.6 Å². The van der Waals surface area contributed by atoms with Gasteiger partial charge in [0.05, 0.1) is 24.4 Å². The third kappa shape index (κ3) is 51.7. The molecule has 3 N–H and O–H groups in total. The van der Waals surface area contributed by atoms with Crippen LogP contribution in [0.2, 0.25) is 0 Å². The molecule has 1 fully saturated rings. The topological polar surface area (TPSA) is 138 Å². The van der Waals surface area contributed by atoms with Crippen molar-refractivity contribution in [2.45, 2.75) is 78.9 Å². The molecule has 8 heteroatoms. The SMILES string of the molecule is C/C=C/C.C/C=C/CC(=O)O.C=C1CCC(C)O1.CC(O)CCC(=O)O.O=C=O. The van der Waals surface area contributed by atoms with Gasteiger partial charge in [0.15, 0.2) is 0 Å². The molecule has 1 rings (SSSR count). The molecule has 1 aliphatic rings. The summed E-state index contributed by atoms with van der Waals surface area (Å²) in [5, 5.41) is 24.6. The molecule has 2 atom stereocenters. The number of aliphatic hydroxyl groups is 1. The van der Waals surface area contributed by atoms with Gasteiger partial charge in [0.2, 0.25) is 0 Å². The number of hydrogen-bond acceptors (Lipinski definition) is 6. The van der Waals surface area contributed by atoms with E-state index in [1.54, 1.807) is 26.0 Å². The highest BCUT2D eigenvalue weighted by Gasteiger charge is 2.12. The van der Waals surface area contributed by atoms with Gasteiger partial charge in [0.25, 0.3) is 0 Å². The molecule has 1 heterocycles. The Bertz CT molecular complexity index is 497. The quantitative estimate of drug-likeness (QED) is 0.572. The number of rotatable bonds is 5. The summed E-state index contributed by atoms with van der Waals surface area (Å²) in [7, 11) is 0. The van der Waals surface area contributed by atoms with Gasteiger partial charge in [-0.2, -0.15) is 9.59 Å². The second-order valence-corrected chi connectivity index (χ2v) is 5.70. The molecule has 0 bridgehead atoms. The fourth-order valence-electron chi connectivity index (χ4n) is 1.32. The number of allylic oxidation sites excluding steroid dienone is 4. The van der Waals surface area contributed by atoms with E-state index in [-0.39, 0.29) is 19.0 Å². The normalized spacial score (nSPS) is 15.0. The van der Waals surface area contributed by atoms with E-state index in [4.69, 9.17) is 29.6 Å². The molecule has 2 unspecified atom stereocenters. The van der Waals surface area contributed by atoms with Crippen LogP contribution in [0.25, 0.3) is 0 Å². The highest BCUT2D eigenvalue weighted by atomic mass is 16.5. The molecular weight excluding hydrogens is 380 g/mol. The van der Waals surface area contributed by atoms with Crippen LogP contribution in [-0.2, 0) is 23.9 Å². The third-order valence-corrected chi connectivity index (χ3v) is 2.84. The summed E-state index contributed by atoms with van der Waals surface area (Å²) in [6.45, 7) is 13.1. The zero-order valence-electron chi connectivity index (χ0n) is 18.1. The van der Waals surface area contributed by atoms with E-state index < -0.39 is 18.0 Å². The monoisotopic (exact) mass is 416 g/mol. The average Bonchev–Trinajstić information content (AvgIpc) is 3.03. The molecule has 0 aromatic carbocycles. The van der Waals surface area contributed by atoms with Crippen molar-refractivity contribution in [3.63, 3.8) is 0 Å². The molecule has 1 aliphatic heterocycles. The summed E-state index contributed by atoms with van der Waals surface area (Å²) < 4.78 is 5.17. The molecule has 0 spiro atoms. The van der Waals surface area contributed by atoms with Crippen molar-refractivity contribution in [1.29, 1.82) is 0 Å². The number of hydrogen-bond donors (Lipinski definition) is 3. The lowest BCUT2D eigenvalue weighted by Crippen LogP contribution is -2.03. The van der Waals surface area contributed by atoms with Crippen LogP contribution in [0, 0.1) is 0 Å². The van der Waals surface area contributed by atoms with Gasteiger partial charge >= 0.3 is 18.1 Å². The predicted octanol–water partition coefficient (Wildman–Crippen LogP) is 3.97. The van der Waals surface area contributed by atoms with Gasteiger partial charge in [-0.05, 0) is 47.5 Å². The van der Waals surface area contributed by atoms with E-state index in [1.165, 1.54) is 0 Å². The Morgan fingerprint density at radius 2 is 1.66 bits per heavy atom. The zero-order chi connectivity index (χ0) is 23.7. The predicted molar refractivity (Wildman–Crippen MR) is 110 cm³/mol. The maximum atomic E-state index is 9.79. The summed E-state index contributed by atoms with van der Waals surface area (Å²) in [5.41, 5.74) is 0. The largest absolute Gasteiger partial charge is 0.496 e. The number of carboxylic acid groups (broad SMARTS) is 2. The van der Waals surface area contributed by atoms with Crippen molar-refractivity contribution >= 4 is 18.1 Å². The van der Waals surface area contributed by atoms with Gasteiger partial charge in [-0.15, -0.1) is 0 Å². The highest BCUT2D eigenvalue weighted by molar-refractivity contribution is 5.68. The van der Waals surface area contributed by atoms with Crippen LogP contribution in [0.3, 0.4) is 0 Å². The Kier molecular flexibility index (Phi) is 32.1. The van der Waals surface area contributed by atoms with E-state index >= 15 is 0 Å². The molecule has 0 aliphatic carbocycles. The van der Waals surface area contributed by atoms with Gasteiger partial charge in [-0.3, -0.25) is 9.59 Å². The maximum absolute atomic E-state index is 9.79. The average molecular weight is 417 g/mol. The first-order valence-corrected chi connectivity index (χ1v) is 9.15. The van der Waals surface area contributed by atoms with Gasteiger partial charge in [-0.25, -0.2) is 0 Å². The second kappa shape index (κ2) is 27.5. The molecule has 0 saturated carbocycles. The Hall–Kier alpha value is -2.70. The number of aliphatic carboxylic acids is 2.